The molecule has 1 heterocycles. The van der Waals surface area contributed by atoms with Crippen molar-refractivity contribution >= 4 is 23.2 Å². The highest BCUT2D eigenvalue weighted by Gasteiger charge is 2.18. The predicted octanol–water partition coefficient (Wildman–Crippen LogP) is 1.54. The fourth-order valence-corrected chi connectivity index (χ4v) is 2.40. The van der Waals surface area contributed by atoms with Crippen LogP contribution in [-0.2, 0) is 4.79 Å². The first-order chi connectivity index (χ1) is 8.93. The topological polar surface area (TPSA) is 105 Å². The van der Waals surface area contributed by atoms with Crippen LogP contribution in [0.2, 0.25) is 0 Å². The molecule has 6 nitrogen and oxygen atoms in total. The van der Waals surface area contributed by atoms with E-state index >= 15 is 0 Å². The molecule has 1 rings (SSSR count). The first-order valence-corrected chi connectivity index (χ1v) is 7.05. The van der Waals surface area contributed by atoms with Crippen molar-refractivity contribution in [1.29, 1.82) is 0 Å². The van der Waals surface area contributed by atoms with E-state index < -0.39 is 5.97 Å². The first-order valence-electron chi connectivity index (χ1n) is 6.17. The summed E-state index contributed by atoms with van der Waals surface area (Å²) in [6.07, 6.45) is 1.35. The summed E-state index contributed by atoms with van der Waals surface area (Å²) in [5.41, 5.74) is 5.98. The Labute approximate surface area is 116 Å². The average Bonchev–Trinajstić information content (AvgIpc) is 2.77. The molecule has 0 saturated heterocycles. The van der Waals surface area contributed by atoms with E-state index in [1.54, 1.807) is 12.3 Å². The smallest absolute Gasteiger partial charge is 0.305 e. The molecule has 4 N–H and O–H groups in total. The fourth-order valence-electron chi connectivity index (χ4n) is 1.64. The van der Waals surface area contributed by atoms with Crippen molar-refractivity contribution in [2.75, 3.05) is 0 Å². The van der Waals surface area contributed by atoms with Crippen molar-refractivity contribution < 1.29 is 14.7 Å². The van der Waals surface area contributed by atoms with Gasteiger partial charge in [-0.25, -0.2) is 4.98 Å². The Kier molecular flexibility index (Phi) is 5.91. The van der Waals surface area contributed by atoms with Gasteiger partial charge in [-0.05, 0) is 13.3 Å². The number of carboxylic acid groups (broad SMARTS) is 1. The van der Waals surface area contributed by atoms with Gasteiger partial charge in [0.25, 0.3) is 5.91 Å². The zero-order valence-electron chi connectivity index (χ0n) is 11.0. The predicted molar refractivity (Wildman–Crippen MR) is 73.1 cm³/mol. The Hall–Kier alpha value is -1.47. The molecule has 1 aromatic rings. The number of carbonyl (C=O) groups excluding carboxylic acids is 1. The van der Waals surface area contributed by atoms with E-state index in [2.05, 4.69) is 10.3 Å². The van der Waals surface area contributed by atoms with E-state index in [9.17, 15) is 9.59 Å². The number of nitrogens with zero attached hydrogens (tertiary/aromatic N) is 1. The largest absolute Gasteiger partial charge is 0.481 e. The van der Waals surface area contributed by atoms with Crippen molar-refractivity contribution in [1.82, 2.24) is 10.3 Å². The van der Waals surface area contributed by atoms with Crippen LogP contribution in [0.3, 0.4) is 0 Å². The molecule has 1 amide bonds. The van der Waals surface area contributed by atoms with Crippen LogP contribution < -0.4 is 11.1 Å². The second-order valence-electron chi connectivity index (χ2n) is 4.42. The summed E-state index contributed by atoms with van der Waals surface area (Å²) in [6, 6.07) is -0.576. The number of thiazole rings is 1. The Bertz CT molecular complexity index is 445. The molecule has 0 aliphatic rings. The Balaban J connectivity index is 2.67. The van der Waals surface area contributed by atoms with Gasteiger partial charge >= 0.3 is 5.97 Å². The first kappa shape index (κ1) is 15.6. The highest BCUT2D eigenvalue weighted by atomic mass is 32.1. The lowest BCUT2D eigenvalue weighted by atomic mass is 10.1. The molecular weight excluding hydrogens is 266 g/mol. The Morgan fingerprint density at radius 2 is 2.26 bits per heavy atom. The van der Waals surface area contributed by atoms with E-state index in [1.165, 1.54) is 11.3 Å². The number of rotatable bonds is 7. The monoisotopic (exact) mass is 285 g/mol. The van der Waals surface area contributed by atoms with Gasteiger partial charge in [-0.15, -0.1) is 11.3 Å². The van der Waals surface area contributed by atoms with E-state index in [1.807, 2.05) is 6.92 Å². The summed E-state index contributed by atoms with van der Waals surface area (Å²) in [7, 11) is 0. The highest BCUT2D eigenvalue weighted by molar-refractivity contribution is 7.09. The van der Waals surface area contributed by atoms with Gasteiger partial charge in [0.1, 0.15) is 10.7 Å². The summed E-state index contributed by atoms with van der Waals surface area (Å²) in [5.74, 6) is -1.27. The third kappa shape index (κ3) is 4.96. The second-order valence-corrected chi connectivity index (χ2v) is 5.31. The van der Waals surface area contributed by atoms with Crippen molar-refractivity contribution in [3.05, 3.63) is 16.1 Å². The van der Waals surface area contributed by atoms with Crippen LogP contribution in [0.1, 0.15) is 54.6 Å². The van der Waals surface area contributed by atoms with Crippen LogP contribution in [0.5, 0.6) is 0 Å². The van der Waals surface area contributed by atoms with Crippen molar-refractivity contribution in [2.45, 2.75) is 45.2 Å². The molecule has 7 heteroatoms. The van der Waals surface area contributed by atoms with Gasteiger partial charge < -0.3 is 16.2 Å². The summed E-state index contributed by atoms with van der Waals surface area (Å²) in [6.45, 7) is 3.74. The summed E-state index contributed by atoms with van der Waals surface area (Å²) in [4.78, 5) is 26.8. The number of aromatic nitrogens is 1. The zero-order valence-corrected chi connectivity index (χ0v) is 11.9. The number of nitrogens with two attached hydrogens (primary N) is 1. The molecule has 106 valence electrons. The molecule has 1 aromatic heterocycles. The minimum atomic E-state index is -0.923. The third-order valence-corrected chi connectivity index (χ3v) is 3.58. The summed E-state index contributed by atoms with van der Waals surface area (Å²) in [5, 5.41) is 13.8. The highest BCUT2D eigenvalue weighted by Crippen LogP contribution is 2.16. The van der Waals surface area contributed by atoms with Gasteiger partial charge in [-0.1, -0.05) is 13.3 Å². The van der Waals surface area contributed by atoms with Crippen LogP contribution in [-0.4, -0.2) is 28.0 Å². The van der Waals surface area contributed by atoms with Crippen LogP contribution in [0, 0.1) is 0 Å². The Morgan fingerprint density at radius 1 is 1.58 bits per heavy atom. The van der Waals surface area contributed by atoms with Gasteiger partial charge in [0.05, 0.1) is 12.5 Å². The average molecular weight is 285 g/mol. The van der Waals surface area contributed by atoms with Crippen LogP contribution in [0.25, 0.3) is 0 Å². The fraction of sp³-hybridized carbons (Fsp3) is 0.583. The maximum absolute atomic E-state index is 11.9. The number of amides is 1. The molecule has 2 unspecified atom stereocenters. The van der Waals surface area contributed by atoms with Gasteiger partial charge in [-0.2, -0.15) is 0 Å². The number of carbonyl (C=O) groups is 2. The minimum absolute atomic E-state index is 0.0795. The van der Waals surface area contributed by atoms with E-state index in [0.717, 1.165) is 6.42 Å². The van der Waals surface area contributed by atoms with E-state index in [4.69, 9.17) is 10.8 Å². The minimum Gasteiger partial charge on any atom is -0.481 e. The lowest BCUT2D eigenvalue weighted by Crippen LogP contribution is -2.36. The number of hydrogen-bond acceptors (Lipinski definition) is 5. The van der Waals surface area contributed by atoms with Crippen molar-refractivity contribution in [2.24, 2.45) is 5.73 Å². The molecule has 0 spiro atoms. The molecule has 0 saturated carbocycles. The Morgan fingerprint density at radius 3 is 2.74 bits per heavy atom. The van der Waals surface area contributed by atoms with Crippen LogP contribution in [0.15, 0.2) is 5.38 Å². The summed E-state index contributed by atoms with van der Waals surface area (Å²) >= 11 is 1.33. The molecule has 0 bridgehead atoms. The number of carboxylic acids is 1. The standard InChI is InChI=1S/C12H19N3O3S/c1-3-4-8(5-10(16)17)14-11(18)9-6-19-12(15-9)7(2)13/h6-8H,3-5,13H2,1-2H3,(H,14,18)(H,16,17). The third-order valence-electron chi connectivity index (χ3n) is 2.54. The van der Waals surface area contributed by atoms with Crippen molar-refractivity contribution in [3.63, 3.8) is 0 Å². The molecule has 2 atom stereocenters. The van der Waals surface area contributed by atoms with Gasteiger partial charge in [0.15, 0.2) is 0 Å². The van der Waals surface area contributed by atoms with Crippen LogP contribution >= 0.6 is 11.3 Å². The zero-order chi connectivity index (χ0) is 14.4. The number of nitrogens with one attached hydrogen (secondary N) is 1. The van der Waals surface area contributed by atoms with Crippen LogP contribution in [0.4, 0.5) is 0 Å². The lowest BCUT2D eigenvalue weighted by molar-refractivity contribution is -0.137. The summed E-state index contributed by atoms with van der Waals surface area (Å²) < 4.78 is 0. The normalized spacial score (nSPS) is 13.8. The quantitative estimate of drug-likeness (QED) is 0.704. The second kappa shape index (κ2) is 7.20. The lowest BCUT2D eigenvalue weighted by Gasteiger charge is -2.15. The SMILES string of the molecule is CCCC(CC(=O)O)NC(=O)c1csc(C(C)N)n1. The number of hydrogen-bond donors (Lipinski definition) is 3. The van der Waals surface area contributed by atoms with Crippen molar-refractivity contribution in [3.8, 4) is 0 Å². The number of aliphatic carboxylic acids is 1. The van der Waals surface area contributed by atoms with Gasteiger partial charge in [-0.3, -0.25) is 9.59 Å². The molecule has 0 aromatic carbocycles. The molecule has 0 radical (unpaired) electrons. The van der Waals surface area contributed by atoms with E-state index in [-0.39, 0.29) is 24.4 Å². The molecular formula is C12H19N3O3S. The van der Waals surface area contributed by atoms with E-state index in [0.29, 0.717) is 17.1 Å². The molecule has 0 fully saturated rings. The van der Waals surface area contributed by atoms with Gasteiger partial charge in [0.2, 0.25) is 0 Å². The maximum atomic E-state index is 11.9. The molecule has 0 aliphatic carbocycles. The molecule has 0 aliphatic heterocycles. The van der Waals surface area contributed by atoms with Gasteiger partial charge in [0, 0.05) is 11.4 Å². The maximum Gasteiger partial charge on any atom is 0.305 e. The molecule has 19 heavy (non-hydrogen) atoms.